The molecule has 0 radical (unpaired) electrons. The Hall–Kier alpha value is -2.73. The standard InChI is InChI=1S/C22H29N5O5S/c1-14(2)32-20-6-4-3-5-15(20)11-24-21-18-7-8-27(22(18)26-13-25-21)17-9-16(19(28)10-17)12-31-33(23,29)30/h3-8,13-14,16-17,19,28H,9-12H2,1-2H3,(H2,23,29,30)(H,24,25,26)/t16-,17+,19-/m0/s1. The third-order valence-corrected chi connectivity index (χ3v) is 6.23. The molecule has 1 aliphatic rings. The van der Waals surface area contributed by atoms with Crippen molar-refractivity contribution in [3.8, 4) is 5.75 Å². The molecule has 1 saturated carbocycles. The summed E-state index contributed by atoms with van der Waals surface area (Å²) >= 11 is 0. The van der Waals surface area contributed by atoms with E-state index in [9.17, 15) is 13.5 Å². The minimum atomic E-state index is -4.04. The Morgan fingerprint density at radius 2 is 2.03 bits per heavy atom. The van der Waals surface area contributed by atoms with E-state index in [-0.39, 0.29) is 24.7 Å². The van der Waals surface area contributed by atoms with E-state index in [0.29, 0.717) is 25.2 Å². The molecule has 2 heterocycles. The number of nitrogens with zero attached hydrogens (tertiary/aromatic N) is 3. The Labute approximate surface area is 193 Å². The average Bonchev–Trinajstić information content (AvgIpc) is 3.34. The van der Waals surface area contributed by atoms with Crippen molar-refractivity contribution in [2.24, 2.45) is 11.1 Å². The van der Waals surface area contributed by atoms with Crippen molar-refractivity contribution >= 4 is 27.2 Å². The lowest BCUT2D eigenvalue weighted by Crippen LogP contribution is -2.24. The topological polar surface area (TPSA) is 142 Å². The average molecular weight is 476 g/mol. The predicted octanol–water partition coefficient (Wildman–Crippen LogP) is 2.36. The number of hydrogen-bond donors (Lipinski definition) is 3. The van der Waals surface area contributed by atoms with Crippen molar-refractivity contribution < 1.29 is 22.4 Å². The van der Waals surface area contributed by atoms with Crippen LogP contribution in [0.15, 0.2) is 42.9 Å². The van der Waals surface area contributed by atoms with Gasteiger partial charge < -0.3 is 19.7 Å². The maximum atomic E-state index is 11.1. The zero-order valence-corrected chi connectivity index (χ0v) is 19.4. The maximum absolute atomic E-state index is 11.1. The second-order valence-corrected chi connectivity index (χ2v) is 9.76. The molecule has 178 valence electrons. The molecule has 1 aliphatic carbocycles. The van der Waals surface area contributed by atoms with Crippen LogP contribution in [0, 0.1) is 5.92 Å². The minimum absolute atomic E-state index is 0.0468. The molecular weight excluding hydrogens is 446 g/mol. The van der Waals surface area contributed by atoms with Gasteiger partial charge in [-0.25, -0.2) is 15.1 Å². The Balaban J connectivity index is 1.50. The highest BCUT2D eigenvalue weighted by atomic mass is 32.2. The first kappa shape index (κ1) is 23.4. The van der Waals surface area contributed by atoms with Gasteiger partial charge in [0, 0.05) is 30.3 Å². The zero-order valence-electron chi connectivity index (χ0n) is 18.6. The molecule has 0 bridgehead atoms. The van der Waals surface area contributed by atoms with E-state index in [4.69, 9.17) is 14.1 Å². The zero-order chi connectivity index (χ0) is 23.6. The second kappa shape index (κ2) is 9.64. The van der Waals surface area contributed by atoms with Crippen LogP contribution in [0.4, 0.5) is 5.82 Å². The van der Waals surface area contributed by atoms with Gasteiger partial charge in [0.15, 0.2) is 0 Å². The highest BCUT2D eigenvalue weighted by Crippen LogP contribution is 2.37. The van der Waals surface area contributed by atoms with Crippen LogP contribution in [0.25, 0.3) is 11.0 Å². The summed E-state index contributed by atoms with van der Waals surface area (Å²) in [6.07, 6.45) is 3.83. The lowest BCUT2D eigenvalue weighted by Gasteiger charge is -2.16. The summed E-state index contributed by atoms with van der Waals surface area (Å²) in [6, 6.07) is 9.77. The molecule has 4 N–H and O–H groups in total. The van der Waals surface area contributed by atoms with Gasteiger partial charge in [-0.1, -0.05) is 18.2 Å². The van der Waals surface area contributed by atoms with Gasteiger partial charge in [0.05, 0.1) is 24.2 Å². The molecule has 1 fully saturated rings. The van der Waals surface area contributed by atoms with Crippen LogP contribution in [0.5, 0.6) is 5.75 Å². The van der Waals surface area contributed by atoms with E-state index in [1.54, 1.807) is 0 Å². The number of fused-ring (bicyclic) bond motifs is 1. The number of aliphatic hydroxyl groups excluding tert-OH is 1. The number of ether oxygens (including phenoxy) is 1. The number of nitrogens with two attached hydrogens (primary N) is 1. The number of nitrogens with one attached hydrogen (secondary N) is 1. The fourth-order valence-corrected chi connectivity index (χ4v) is 4.63. The molecule has 10 nitrogen and oxygen atoms in total. The third kappa shape index (κ3) is 5.61. The number of benzene rings is 1. The molecule has 3 atom stereocenters. The molecule has 33 heavy (non-hydrogen) atoms. The second-order valence-electron chi connectivity index (χ2n) is 8.54. The molecule has 0 saturated heterocycles. The molecule has 2 aromatic heterocycles. The van der Waals surface area contributed by atoms with Crippen LogP contribution in [0.3, 0.4) is 0 Å². The van der Waals surface area contributed by atoms with Crippen molar-refractivity contribution in [1.29, 1.82) is 0 Å². The number of aliphatic hydroxyl groups is 1. The van der Waals surface area contributed by atoms with Crippen LogP contribution in [0.1, 0.15) is 38.3 Å². The molecule has 4 rings (SSSR count). The van der Waals surface area contributed by atoms with Crippen molar-refractivity contribution in [3.63, 3.8) is 0 Å². The number of hydrogen-bond acceptors (Lipinski definition) is 8. The van der Waals surface area contributed by atoms with Gasteiger partial charge in [0.2, 0.25) is 0 Å². The van der Waals surface area contributed by atoms with Crippen molar-refractivity contribution in [2.75, 3.05) is 11.9 Å². The van der Waals surface area contributed by atoms with Crippen molar-refractivity contribution in [3.05, 3.63) is 48.4 Å². The van der Waals surface area contributed by atoms with Crippen LogP contribution < -0.4 is 15.2 Å². The van der Waals surface area contributed by atoms with E-state index in [1.165, 1.54) is 6.33 Å². The van der Waals surface area contributed by atoms with E-state index in [2.05, 4.69) is 15.3 Å². The van der Waals surface area contributed by atoms with E-state index < -0.39 is 16.4 Å². The SMILES string of the molecule is CC(C)Oc1ccccc1CNc1ncnc2c1ccn2[C@@H]1C[C@@H](COS(N)(=O)=O)[C@@H](O)C1. The summed E-state index contributed by atoms with van der Waals surface area (Å²) < 4.78 is 34.8. The summed E-state index contributed by atoms with van der Waals surface area (Å²) in [7, 11) is -4.04. The summed E-state index contributed by atoms with van der Waals surface area (Å²) in [5.74, 6) is 1.20. The van der Waals surface area contributed by atoms with E-state index >= 15 is 0 Å². The van der Waals surface area contributed by atoms with Gasteiger partial charge in [-0.2, -0.15) is 8.42 Å². The lowest BCUT2D eigenvalue weighted by atomic mass is 10.1. The fourth-order valence-electron chi connectivity index (χ4n) is 4.27. The summed E-state index contributed by atoms with van der Waals surface area (Å²) in [5.41, 5.74) is 1.76. The molecule has 1 aromatic carbocycles. The first-order chi connectivity index (χ1) is 15.7. The van der Waals surface area contributed by atoms with Crippen molar-refractivity contribution in [1.82, 2.24) is 14.5 Å². The third-order valence-electron chi connectivity index (χ3n) is 5.76. The summed E-state index contributed by atoms with van der Waals surface area (Å²) in [5, 5.41) is 19.5. The smallest absolute Gasteiger partial charge is 0.333 e. The number of anilines is 1. The quantitative estimate of drug-likeness (QED) is 0.428. The van der Waals surface area contributed by atoms with Crippen molar-refractivity contribution in [2.45, 2.75) is 51.5 Å². The molecule has 3 aromatic rings. The Kier molecular flexibility index (Phi) is 6.84. The van der Waals surface area contributed by atoms with Crippen LogP contribution in [-0.4, -0.2) is 46.9 Å². The molecule has 0 amide bonds. The normalized spacial score (nSPS) is 21.1. The van der Waals surface area contributed by atoms with E-state index in [1.807, 2.05) is 54.9 Å². The first-order valence-corrected chi connectivity index (χ1v) is 12.3. The van der Waals surface area contributed by atoms with Crippen LogP contribution >= 0.6 is 0 Å². The number of aromatic nitrogens is 3. The number of para-hydroxylation sites is 1. The molecule has 0 spiro atoms. The van der Waals surface area contributed by atoms with Gasteiger partial charge in [-0.15, -0.1) is 0 Å². The van der Waals surface area contributed by atoms with Crippen LogP contribution in [-0.2, 0) is 21.0 Å². The van der Waals surface area contributed by atoms with Gasteiger partial charge in [-0.3, -0.25) is 4.18 Å². The number of rotatable bonds is 9. The molecule has 11 heteroatoms. The van der Waals surface area contributed by atoms with E-state index in [0.717, 1.165) is 22.3 Å². The summed E-state index contributed by atoms with van der Waals surface area (Å²) in [4.78, 5) is 8.86. The first-order valence-electron chi connectivity index (χ1n) is 10.9. The fraction of sp³-hybridized carbons (Fsp3) is 0.455. The Bertz CT molecular complexity index is 1210. The van der Waals surface area contributed by atoms with Gasteiger partial charge in [0.1, 0.15) is 23.5 Å². The largest absolute Gasteiger partial charge is 0.491 e. The predicted molar refractivity (Wildman–Crippen MR) is 124 cm³/mol. The lowest BCUT2D eigenvalue weighted by molar-refractivity contribution is 0.100. The monoisotopic (exact) mass is 475 g/mol. The highest BCUT2D eigenvalue weighted by Gasteiger charge is 2.35. The molecule has 0 unspecified atom stereocenters. The van der Waals surface area contributed by atoms with Crippen LogP contribution in [0.2, 0.25) is 0 Å². The minimum Gasteiger partial charge on any atom is -0.491 e. The Morgan fingerprint density at radius 3 is 2.79 bits per heavy atom. The maximum Gasteiger partial charge on any atom is 0.333 e. The highest BCUT2D eigenvalue weighted by molar-refractivity contribution is 7.84. The van der Waals surface area contributed by atoms with Gasteiger partial charge >= 0.3 is 10.3 Å². The summed E-state index contributed by atoms with van der Waals surface area (Å²) in [6.45, 7) is 4.38. The molecular formula is C22H29N5O5S. The van der Waals surface area contributed by atoms with Gasteiger partial charge in [-0.05, 0) is 38.8 Å². The van der Waals surface area contributed by atoms with Gasteiger partial charge in [0.25, 0.3) is 0 Å². The molecule has 0 aliphatic heterocycles. The Morgan fingerprint density at radius 1 is 1.24 bits per heavy atom.